The van der Waals surface area contributed by atoms with Crippen LogP contribution in [0.4, 0.5) is 11.6 Å². The van der Waals surface area contributed by atoms with E-state index in [0.717, 1.165) is 0 Å². The summed E-state index contributed by atoms with van der Waals surface area (Å²) in [7, 11) is 1.71. The zero-order valence-electron chi connectivity index (χ0n) is 11.4. The molecular weight excluding hydrogens is 260 g/mol. The lowest BCUT2D eigenvalue weighted by molar-refractivity contribution is -0.385. The lowest BCUT2D eigenvalue weighted by atomic mass is 10.1. The summed E-state index contributed by atoms with van der Waals surface area (Å²) in [6.45, 7) is 3.42. The molecule has 0 fully saturated rings. The first-order chi connectivity index (χ1) is 9.51. The molecule has 0 aliphatic carbocycles. The minimum absolute atomic E-state index is 0.0773. The maximum absolute atomic E-state index is 10.9. The van der Waals surface area contributed by atoms with E-state index in [1.807, 2.05) is 0 Å². The van der Waals surface area contributed by atoms with Crippen LogP contribution in [-0.4, -0.2) is 21.9 Å². The Labute approximate surface area is 115 Å². The molecule has 0 saturated heterocycles. The number of ether oxygens (including phenoxy) is 1. The predicted molar refractivity (Wildman–Crippen MR) is 74.2 cm³/mol. The number of nitro groups is 1. The van der Waals surface area contributed by atoms with Gasteiger partial charge in [-0.1, -0.05) is 0 Å². The van der Waals surface area contributed by atoms with Crippen molar-refractivity contribution in [2.24, 2.45) is 0 Å². The molecule has 2 aromatic rings. The van der Waals surface area contributed by atoms with Crippen LogP contribution in [0, 0.1) is 24.0 Å². The summed E-state index contributed by atoms with van der Waals surface area (Å²) < 4.78 is 5.65. The van der Waals surface area contributed by atoms with Crippen LogP contribution in [0.5, 0.6) is 11.6 Å². The smallest absolute Gasteiger partial charge is 0.272 e. The number of anilines is 1. The van der Waals surface area contributed by atoms with Gasteiger partial charge in [0.2, 0.25) is 11.8 Å². The summed E-state index contributed by atoms with van der Waals surface area (Å²) >= 11 is 0. The first-order valence-corrected chi connectivity index (χ1v) is 5.95. The highest BCUT2D eigenvalue weighted by Gasteiger charge is 2.14. The molecule has 0 aliphatic heterocycles. The van der Waals surface area contributed by atoms with Crippen molar-refractivity contribution >= 4 is 11.6 Å². The molecule has 0 radical (unpaired) electrons. The highest BCUT2D eigenvalue weighted by atomic mass is 16.6. The third-order valence-corrected chi connectivity index (χ3v) is 2.76. The van der Waals surface area contributed by atoms with Gasteiger partial charge < -0.3 is 10.1 Å². The number of nitrogens with one attached hydrogen (secondary N) is 1. The summed E-state index contributed by atoms with van der Waals surface area (Å²) in [4.78, 5) is 18.6. The summed E-state index contributed by atoms with van der Waals surface area (Å²) in [5.41, 5.74) is 1.29. The third kappa shape index (κ3) is 2.82. The minimum Gasteiger partial charge on any atom is -0.439 e. The number of aryl methyl sites for hydroxylation is 2. The van der Waals surface area contributed by atoms with Gasteiger partial charge in [-0.2, -0.15) is 4.98 Å². The molecule has 0 aliphatic rings. The van der Waals surface area contributed by atoms with E-state index >= 15 is 0 Å². The number of aromatic nitrogens is 2. The van der Waals surface area contributed by atoms with Crippen LogP contribution in [0.2, 0.25) is 0 Å². The molecule has 0 bridgehead atoms. The third-order valence-electron chi connectivity index (χ3n) is 2.76. The molecular formula is C13H14N4O3. The predicted octanol–water partition coefficient (Wildman–Crippen LogP) is 2.84. The fraction of sp³-hybridized carbons (Fsp3) is 0.231. The number of hydrogen-bond acceptors (Lipinski definition) is 6. The standard InChI is InChI=1S/C13H14N4O3/c1-8-7-11(9(2)6-10(8)17(18)19)20-12-4-5-15-13(14-3)16-12/h4-7H,1-3H3,(H,14,15,16). The van der Waals surface area contributed by atoms with Crippen molar-refractivity contribution in [3.8, 4) is 11.6 Å². The molecule has 7 nitrogen and oxygen atoms in total. The molecule has 1 heterocycles. The van der Waals surface area contributed by atoms with E-state index in [1.165, 1.54) is 6.07 Å². The number of nitro benzene ring substituents is 1. The summed E-state index contributed by atoms with van der Waals surface area (Å²) in [6, 6.07) is 4.75. The van der Waals surface area contributed by atoms with Gasteiger partial charge in [-0.05, 0) is 25.5 Å². The maximum atomic E-state index is 10.9. The summed E-state index contributed by atoms with van der Waals surface area (Å²) in [6.07, 6.45) is 1.57. The van der Waals surface area contributed by atoms with Gasteiger partial charge in [0.25, 0.3) is 5.69 Å². The molecule has 104 valence electrons. The van der Waals surface area contributed by atoms with Gasteiger partial charge in [-0.15, -0.1) is 0 Å². The molecule has 0 spiro atoms. The average molecular weight is 274 g/mol. The number of benzene rings is 1. The van der Waals surface area contributed by atoms with Crippen molar-refractivity contribution in [2.45, 2.75) is 13.8 Å². The topological polar surface area (TPSA) is 90.2 Å². The first kappa shape index (κ1) is 13.7. The summed E-state index contributed by atoms with van der Waals surface area (Å²) in [5.74, 6) is 1.35. The van der Waals surface area contributed by atoms with Gasteiger partial charge in [0.15, 0.2) is 0 Å². The Morgan fingerprint density at radius 3 is 2.70 bits per heavy atom. The number of hydrogen-bond donors (Lipinski definition) is 1. The van der Waals surface area contributed by atoms with Crippen LogP contribution >= 0.6 is 0 Å². The zero-order valence-corrected chi connectivity index (χ0v) is 11.4. The largest absolute Gasteiger partial charge is 0.439 e. The van der Waals surface area contributed by atoms with Crippen LogP contribution in [0.15, 0.2) is 24.4 Å². The van der Waals surface area contributed by atoms with Crippen molar-refractivity contribution in [2.75, 3.05) is 12.4 Å². The minimum atomic E-state index is -0.407. The second kappa shape index (κ2) is 5.52. The zero-order chi connectivity index (χ0) is 14.7. The maximum Gasteiger partial charge on any atom is 0.272 e. The van der Waals surface area contributed by atoms with E-state index in [0.29, 0.717) is 28.7 Å². The van der Waals surface area contributed by atoms with Crippen molar-refractivity contribution in [3.05, 3.63) is 45.6 Å². The van der Waals surface area contributed by atoms with Crippen LogP contribution < -0.4 is 10.1 Å². The van der Waals surface area contributed by atoms with E-state index < -0.39 is 4.92 Å². The van der Waals surface area contributed by atoms with Crippen molar-refractivity contribution in [1.29, 1.82) is 0 Å². The Morgan fingerprint density at radius 1 is 1.30 bits per heavy atom. The molecule has 1 aromatic heterocycles. The van der Waals surface area contributed by atoms with E-state index in [9.17, 15) is 10.1 Å². The second-order valence-corrected chi connectivity index (χ2v) is 4.23. The molecule has 0 unspecified atom stereocenters. The molecule has 2 rings (SSSR count). The molecule has 0 atom stereocenters. The summed E-state index contributed by atoms with van der Waals surface area (Å²) in [5, 5.41) is 13.7. The van der Waals surface area contributed by atoms with Gasteiger partial charge in [0.1, 0.15) is 5.75 Å². The molecule has 0 saturated carbocycles. The van der Waals surface area contributed by atoms with Gasteiger partial charge >= 0.3 is 0 Å². The van der Waals surface area contributed by atoms with Gasteiger partial charge in [0.05, 0.1) is 4.92 Å². The molecule has 7 heteroatoms. The molecule has 20 heavy (non-hydrogen) atoms. The van der Waals surface area contributed by atoms with Gasteiger partial charge in [0, 0.05) is 30.9 Å². The fourth-order valence-corrected chi connectivity index (χ4v) is 1.71. The lowest BCUT2D eigenvalue weighted by Crippen LogP contribution is -1.99. The monoisotopic (exact) mass is 274 g/mol. The molecule has 0 amide bonds. The van der Waals surface area contributed by atoms with Crippen LogP contribution in [-0.2, 0) is 0 Å². The first-order valence-electron chi connectivity index (χ1n) is 5.95. The van der Waals surface area contributed by atoms with Crippen molar-refractivity contribution in [3.63, 3.8) is 0 Å². The fourth-order valence-electron chi connectivity index (χ4n) is 1.71. The molecule has 1 N–H and O–H groups in total. The quantitative estimate of drug-likeness (QED) is 0.681. The van der Waals surface area contributed by atoms with Gasteiger partial charge in [-0.25, -0.2) is 4.98 Å². The second-order valence-electron chi connectivity index (χ2n) is 4.23. The van der Waals surface area contributed by atoms with Crippen LogP contribution in [0.3, 0.4) is 0 Å². The van der Waals surface area contributed by atoms with E-state index in [4.69, 9.17) is 4.74 Å². The average Bonchev–Trinajstić information content (AvgIpc) is 2.42. The molecule has 1 aromatic carbocycles. The normalized spacial score (nSPS) is 10.2. The van der Waals surface area contributed by atoms with Crippen molar-refractivity contribution < 1.29 is 9.66 Å². The Hall–Kier alpha value is -2.70. The van der Waals surface area contributed by atoms with Gasteiger partial charge in [-0.3, -0.25) is 10.1 Å². The highest BCUT2D eigenvalue weighted by Crippen LogP contribution is 2.30. The SMILES string of the molecule is CNc1nccc(Oc2cc(C)c([N+](=O)[O-])cc2C)n1. The number of nitrogens with zero attached hydrogens (tertiary/aromatic N) is 3. The highest BCUT2D eigenvalue weighted by molar-refractivity contribution is 5.50. The van der Waals surface area contributed by atoms with E-state index in [1.54, 1.807) is 39.2 Å². The van der Waals surface area contributed by atoms with E-state index in [-0.39, 0.29) is 5.69 Å². The van der Waals surface area contributed by atoms with E-state index in [2.05, 4.69) is 15.3 Å². The van der Waals surface area contributed by atoms with Crippen LogP contribution in [0.1, 0.15) is 11.1 Å². The Balaban J connectivity index is 2.34. The van der Waals surface area contributed by atoms with Crippen LogP contribution in [0.25, 0.3) is 0 Å². The van der Waals surface area contributed by atoms with Crippen molar-refractivity contribution in [1.82, 2.24) is 9.97 Å². The Morgan fingerprint density at radius 2 is 2.05 bits per heavy atom. The lowest BCUT2D eigenvalue weighted by Gasteiger charge is -2.09. The Kier molecular flexibility index (Phi) is 3.79. The number of rotatable bonds is 4. The Bertz CT molecular complexity index is 658.